The minimum atomic E-state index is 0.359. The van der Waals surface area contributed by atoms with Gasteiger partial charge < -0.3 is 10.1 Å². The Morgan fingerprint density at radius 3 is 3.15 bits per heavy atom. The van der Waals surface area contributed by atoms with Crippen molar-refractivity contribution in [1.82, 2.24) is 5.32 Å². The molecule has 2 nitrogen and oxygen atoms in total. The lowest BCUT2D eigenvalue weighted by molar-refractivity contribution is 0.145. The van der Waals surface area contributed by atoms with E-state index in [4.69, 9.17) is 4.74 Å². The molecule has 2 aliphatic heterocycles. The average Bonchev–Trinajstić information content (AvgIpc) is 2.42. The predicted octanol–water partition coefficient (Wildman–Crippen LogP) is 1.84. The second kappa shape index (κ2) is 3.54. The van der Waals surface area contributed by atoms with Crippen molar-refractivity contribution in [1.29, 1.82) is 0 Å². The molecule has 72 valence electrons. The summed E-state index contributed by atoms with van der Waals surface area (Å²) >= 11 is 0. The molecule has 0 spiro atoms. The molecule has 2 aliphatic rings. The lowest BCUT2D eigenvalue weighted by atomic mass is 10.1. The largest absolute Gasteiger partial charge is 0.380 e. The third-order valence-electron chi connectivity index (χ3n) is 2.43. The second-order valence-electron chi connectivity index (χ2n) is 4.17. The van der Waals surface area contributed by atoms with Gasteiger partial charge in [0.05, 0.1) is 18.8 Å². The van der Waals surface area contributed by atoms with Crippen LogP contribution < -0.4 is 5.32 Å². The number of hydrogen-bond donors (Lipinski definition) is 1. The number of rotatable bonds is 2. The number of allylic oxidation sites excluding steroid dienone is 2. The van der Waals surface area contributed by atoms with E-state index in [9.17, 15) is 0 Å². The Morgan fingerprint density at radius 1 is 1.62 bits per heavy atom. The highest BCUT2D eigenvalue weighted by Crippen LogP contribution is 2.21. The van der Waals surface area contributed by atoms with Crippen molar-refractivity contribution < 1.29 is 4.74 Å². The Labute approximate surface area is 79.7 Å². The fourth-order valence-corrected chi connectivity index (χ4v) is 1.76. The quantitative estimate of drug-likeness (QED) is 0.698. The maximum atomic E-state index is 5.54. The summed E-state index contributed by atoms with van der Waals surface area (Å²) < 4.78 is 5.54. The third kappa shape index (κ3) is 2.13. The molecule has 0 aromatic heterocycles. The molecule has 2 bridgehead atoms. The van der Waals surface area contributed by atoms with E-state index < -0.39 is 0 Å². The number of fused-ring (bicyclic) bond motifs is 2. The van der Waals surface area contributed by atoms with Crippen LogP contribution in [-0.4, -0.2) is 18.8 Å². The number of nitrogens with one attached hydrogen (secondary N) is 1. The van der Waals surface area contributed by atoms with Gasteiger partial charge >= 0.3 is 0 Å². The van der Waals surface area contributed by atoms with Gasteiger partial charge in [-0.05, 0) is 24.5 Å². The first-order valence-corrected chi connectivity index (χ1v) is 5.02. The van der Waals surface area contributed by atoms with Gasteiger partial charge in [-0.1, -0.05) is 19.9 Å². The van der Waals surface area contributed by atoms with Gasteiger partial charge in [0, 0.05) is 5.70 Å². The number of ether oxygens (including phenoxy) is 1. The van der Waals surface area contributed by atoms with Crippen molar-refractivity contribution in [2.45, 2.75) is 32.4 Å². The predicted molar refractivity (Wildman–Crippen MR) is 53.3 cm³/mol. The first-order chi connectivity index (χ1) is 6.24. The van der Waals surface area contributed by atoms with Crippen molar-refractivity contribution in [2.75, 3.05) is 6.61 Å². The molecule has 13 heavy (non-hydrogen) atoms. The van der Waals surface area contributed by atoms with Gasteiger partial charge in [-0.3, -0.25) is 0 Å². The van der Waals surface area contributed by atoms with Crippen LogP contribution in [0.3, 0.4) is 0 Å². The normalized spacial score (nSPS) is 32.4. The molecule has 0 aliphatic carbocycles. The van der Waals surface area contributed by atoms with Crippen LogP contribution in [0.25, 0.3) is 0 Å². The zero-order valence-corrected chi connectivity index (χ0v) is 8.29. The highest BCUT2D eigenvalue weighted by molar-refractivity contribution is 5.23. The molecule has 0 radical (unpaired) electrons. The Bertz CT molecular complexity index is 242. The van der Waals surface area contributed by atoms with Gasteiger partial charge in [0.1, 0.15) is 0 Å². The van der Waals surface area contributed by atoms with E-state index in [0.717, 1.165) is 13.0 Å². The van der Waals surface area contributed by atoms with E-state index in [1.807, 2.05) is 0 Å². The summed E-state index contributed by atoms with van der Waals surface area (Å²) in [7, 11) is 0. The molecular formula is C11H17NO. The van der Waals surface area contributed by atoms with Crippen LogP contribution in [0.4, 0.5) is 0 Å². The average molecular weight is 179 g/mol. The second-order valence-corrected chi connectivity index (χ2v) is 4.17. The highest BCUT2D eigenvalue weighted by atomic mass is 16.5. The van der Waals surface area contributed by atoms with E-state index in [1.165, 1.54) is 5.70 Å². The van der Waals surface area contributed by atoms with Crippen LogP contribution in [0.1, 0.15) is 20.3 Å². The summed E-state index contributed by atoms with van der Waals surface area (Å²) in [6.45, 7) is 5.23. The monoisotopic (exact) mass is 179 g/mol. The number of hydrogen-bond acceptors (Lipinski definition) is 2. The lowest BCUT2D eigenvalue weighted by Crippen LogP contribution is -2.31. The molecule has 1 N–H and O–H groups in total. The summed E-state index contributed by atoms with van der Waals surface area (Å²) in [5, 5.41) is 3.45. The maximum absolute atomic E-state index is 5.54. The van der Waals surface area contributed by atoms with Gasteiger partial charge in [-0.2, -0.15) is 0 Å². The summed E-state index contributed by atoms with van der Waals surface area (Å²) in [6.07, 6.45) is 8.06. The van der Waals surface area contributed by atoms with E-state index in [-0.39, 0.29) is 0 Å². The Balaban J connectivity index is 2.01. The topological polar surface area (TPSA) is 21.3 Å². The minimum absolute atomic E-state index is 0.359. The molecule has 2 heteroatoms. The van der Waals surface area contributed by atoms with E-state index in [0.29, 0.717) is 18.1 Å². The van der Waals surface area contributed by atoms with Crippen molar-refractivity contribution in [3.63, 3.8) is 0 Å². The Kier molecular flexibility index (Phi) is 2.40. The molecular weight excluding hydrogens is 162 g/mol. The molecule has 2 atom stereocenters. The summed E-state index contributed by atoms with van der Waals surface area (Å²) in [5.74, 6) is 0.614. The van der Waals surface area contributed by atoms with Crippen molar-refractivity contribution in [3.8, 4) is 0 Å². The molecule has 1 saturated heterocycles. The van der Waals surface area contributed by atoms with Crippen LogP contribution >= 0.6 is 0 Å². The maximum Gasteiger partial charge on any atom is 0.0799 e. The van der Waals surface area contributed by atoms with Crippen LogP contribution in [0, 0.1) is 5.92 Å². The smallest absolute Gasteiger partial charge is 0.0799 e. The Hall–Kier alpha value is -0.760. The van der Waals surface area contributed by atoms with Crippen LogP contribution in [0.2, 0.25) is 0 Å². The molecule has 0 amide bonds. The van der Waals surface area contributed by atoms with E-state index >= 15 is 0 Å². The van der Waals surface area contributed by atoms with Gasteiger partial charge in [0.2, 0.25) is 0 Å². The highest BCUT2D eigenvalue weighted by Gasteiger charge is 2.27. The molecule has 2 rings (SSSR count). The molecule has 0 saturated carbocycles. The van der Waals surface area contributed by atoms with Crippen LogP contribution in [-0.2, 0) is 4.74 Å². The molecule has 2 heterocycles. The SMILES string of the molecule is CC(C)/C=C\C1=CC2CC(CO2)N1. The van der Waals surface area contributed by atoms with Crippen molar-refractivity contribution in [2.24, 2.45) is 5.92 Å². The first-order valence-electron chi connectivity index (χ1n) is 5.02. The van der Waals surface area contributed by atoms with Gasteiger partial charge in [-0.25, -0.2) is 0 Å². The zero-order valence-electron chi connectivity index (χ0n) is 8.29. The van der Waals surface area contributed by atoms with Crippen LogP contribution in [0.15, 0.2) is 23.9 Å². The van der Waals surface area contributed by atoms with Gasteiger partial charge in [0.15, 0.2) is 0 Å². The van der Waals surface area contributed by atoms with Crippen LogP contribution in [0.5, 0.6) is 0 Å². The summed E-state index contributed by atoms with van der Waals surface area (Å²) in [4.78, 5) is 0. The fourth-order valence-electron chi connectivity index (χ4n) is 1.76. The third-order valence-corrected chi connectivity index (χ3v) is 2.43. The minimum Gasteiger partial charge on any atom is -0.380 e. The molecule has 2 unspecified atom stereocenters. The van der Waals surface area contributed by atoms with Gasteiger partial charge in [0.25, 0.3) is 0 Å². The lowest BCUT2D eigenvalue weighted by Gasteiger charge is -2.18. The van der Waals surface area contributed by atoms with Gasteiger partial charge in [-0.15, -0.1) is 0 Å². The van der Waals surface area contributed by atoms with E-state index in [2.05, 4.69) is 37.4 Å². The summed E-state index contributed by atoms with van der Waals surface area (Å²) in [5.41, 5.74) is 1.23. The standard InChI is InChI=1S/C11H17NO/c1-8(2)3-4-9-5-11-6-10(12-9)7-13-11/h3-5,8,10-12H,6-7H2,1-2H3/b4-3-. The molecule has 0 aromatic rings. The first kappa shape index (κ1) is 8.82. The van der Waals surface area contributed by atoms with E-state index in [1.54, 1.807) is 0 Å². The molecule has 1 fully saturated rings. The summed E-state index contributed by atoms with van der Waals surface area (Å²) in [6, 6.07) is 0.543. The molecule has 0 aromatic carbocycles. The van der Waals surface area contributed by atoms with Crippen molar-refractivity contribution >= 4 is 0 Å². The van der Waals surface area contributed by atoms with Crippen molar-refractivity contribution in [3.05, 3.63) is 23.9 Å². The fraction of sp³-hybridized carbons (Fsp3) is 0.636. The Morgan fingerprint density at radius 2 is 2.46 bits per heavy atom. The zero-order chi connectivity index (χ0) is 9.26.